The summed E-state index contributed by atoms with van der Waals surface area (Å²) in [6, 6.07) is 17.4. The molecule has 0 bridgehead atoms. The Morgan fingerprint density at radius 1 is 1.03 bits per heavy atom. The molecule has 2 amide bonds. The van der Waals surface area contributed by atoms with Crippen LogP contribution in [0, 0.1) is 5.82 Å². The molecule has 0 saturated carbocycles. The molecule has 4 aromatic rings. The Balaban J connectivity index is 1.37. The first kappa shape index (κ1) is 23.1. The molecule has 0 radical (unpaired) electrons. The molecule has 170 valence electrons. The van der Waals surface area contributed by atoms with Gasteiger partial charge in [-0.15, -0.1) is 11.3 Å². The first-order valence-electron chi connectivity index (χ1n) is 10.6. The van der Waals surface area contributed by atoms with Gasteiger partial charge in [-0.3, -0.25) is 9.59 Å². The monoisotopic (exact) mass is 481 g/mol. The minimum absolute atomic E-state index is 0.218. The molecular weight excluding hydrogens is 457 g/mol. The van der Waals surface area contributed by atoms with E-state index in [-0.39, 0.29) is 17.6 Å². The van der Waals surface area contributed by atoms with Crippen LogP contribution in [0.4, 0.5) is 4.39 Å². The Morgan fingerprint density at radius 2 is 1.85 bits per heavy atom. The molecule has 0 saturated heterocycles. The maximum atomic E-state index is 13.7. The first-order valence-corrected chi connectivity index (χ1v) is 12.6. The van der Waals surface area contributed by atoms with Gasteiger partial charge in [-0.2, -0.15) is 11.8 Å². The van der Waals surface area contributed by atoms with E-state index in [0.29, 0.717) is 34.9 Å². The third-order valence-corrected chi connectivity index (χ3v) is 7.10. The van der Waals surface area contributed by atoms with E-state index in [1.807, 2.05) is 41.9 Å². The maximum absolute atomic E-state index is 13.7. The summed E-state index contributed by atoms with van der Waals surface area (Å²) in [6.45, 7) is 0.428. The number of H-pyrrole nitrogens is 1. The van der Waals surface area contributed by atoms with Crippen LogP contribution in [0.1, 0.15) is 20.8 Å². The van der Waals surface area contributed by atoms with Gasteiger partial charge in [0.15, 0.2) is 0 Å². The van der Waals surface area contributed by atoms with Crippen LogP contribution in [0.15, 0.2) is 72.2 Å². The Labute approximate surface area is 199 Å². The molecule has 33 heavy (non-hydrogen) atoms. The molecule has 0 spiro atoms. The largest absolute Gasteiger partial charge is 0.361 e. The van der Waals surface area contributed by atoms with E-state index in [4.69, 9.17) is 0 Å². The summed E-state index contributed by atoms with van der Waals surface area (Å²) < 4.78 is 13.7. The molecule has 0 aliphatic rings. The summed E-state index contributed by atoms with van der Waals surface area (Å²) in [6.07, 6.45) is 2.25. The molecule has 0 fully saturated rings. The summed E-state index contributed by atoms with van der Waals surface area (Å²) in [4.78, 5) is 29.4. The highest BCUT2D eigenvalue weighted by molar-refractivity contribution is 7.98. The van der Waals surface area contributed by atoms with Gasteiger partial charge in [0.25, 0.3) is 5.91 Å². The lowest BCUT2D eigenvalue weighted by atomic mass is 10.0. The lowest BCUT2D eigenvalue weighted by molar-refractivity contribution is -0.122. The number of halogens is 1. The molecule has 4 rings (SSSR count). The number of rotatable bonds is 10. The second kappa shape index (κ2) is 11.2. The SMILES string of the molecule is O=C(N[C@@H](Cc1c[nH]c2ccccc12)C(=O)NCCSCc1ccccc1F)c1cccs1. The van der Waals surface area contributed by atoms with Gasteiger partial charge in [0.1, 0.15) is 11.9 Å². The van der Waals surface area contributed by atoms with Gasteiger partial charge in [0.2, 0.25) is 5.91 Å². The van der Waals surface area contributed by atoms with Crippen molar-refractivity contribution in [1.82, 2.24) is 15.6 Å². The summed E-state index contributed by atoms with van der Waals surface area (Å²) in [5.41, 5.74) is 2.60. The van der Waals surface area contributed by atoms with Crippen LogP contribution in [0.3, 0.4) is 0 Å². The van der Waals surface area contributed by atoms with Gasteiger partial charge in [-0.05, 0) is 34.7 Å². The van der Waals surface area contributed by atoms with Gasteiger partial charge in [0, 0.05) is 41.6 Å². The maximum Gasteiger partial charge on any atom is 0.262 e. The van der Waals surface area contributed by atoms with Crippen molar-refractivity contribution in [2.24, 2.45) is 0 Å². The van der Waals surface area contributed by atoms with E-state index in [1.165, 1.54) is 17.4 Å². The molecule has 2 aromatic carbocycles. The fraction of sp³-hybridized carbons (Fsp3) is 0.200. The summed E-state index contributed by atoms with van der Waals surface area (Å²) >= 11 is 2.88. The standard InChI is InChI=1S/C25H24FN3O2S2/c26-20-8-3-1-6-17(20)16-32-13-11-27-24(30)22(29-25(31)23-10-5-12-33-23)14-18-15-28-21-9-4-2-7-19(18)21/h1-10,12,15,22,28H,11,13-14,16H2,(H,27,30)(H,29,31)/t22-/m0/s1. The van der Waals surface area contributed by atoms with Gasteiger partial charge in [-0.1, -0.05) is 42.5 Å². The fourth-order valence-corrected chi connectivity index (χ4v) is 5.01. The Kier molecular flexibility index (Phi) is 7.80. The molecule has 1 atom stereocenters. The lowest BCUT2D eigenvalue weighted by Gasteiger charge is -2.18. The van der Waals surface area contributed by atoms with Crippen molar-refractivity contribution in [3.8, 4) is 0 Å². The number of carbonyl (C=O) groups excluding carboxylic acids is 2. The van der Waals surface area contributed by atoms with Crippen molar-refractivity contribution in [3.63, 3.8) is 0 Å². The number of benzene rings is 2. The van der Waals surface area contributed by atoms with Crippen LogP contribution >= 0.6 is 23.1 Å². The predicted octanol–water partition coefficient (Wildman–Crippen LogP) is 4.76. The van der Waals surface area contributed by atoms with Crippen LogP contribution in [0.2, 0.25) is 0 Å². The van der Waals surface area contributed by atoms with E-state index >= 15 is 0 Å². The average molecular weight is 482 g/mol. The smallest absolute Gasteiger partial charge is 0.262 e. The number of para-hydroxylation sites is 1. The van der Waals surface area contributed by atoms with Crippen LogP contribution in [-0.4, -0.2) is 35.1 Å². The van der Waals surface area contributed by atoms with Crippen molar-refractivity contribution >= 4 is 45.8 Å². The van der Waals surface area contributed by atoms with E-state index < -0.39 is 6.04 Å². The average Bonchev–Trinajstić information content (AvgIpc) is 3.50. The third-order valence-electron chi connectivity index (χ3n) is 5.23. The number of aromatic nitrogens is 1. The molecule has 0 unspecified atom stereocenters. The number of hydrogen-bond donors (Lipinski definition) is 3. The van der Waals surface area contributed by atoms with Crippen LogP contribution in [-0.2, 0) is 17.0 Å². The number of aromatic amines is 1. The second-order valence-electron chi connectivity index (χ2n) is 7.50. The lowest BCUT2D eigenvalue weighted by Crippen LogP contribution is -2.48. The van der Waals surface area contributed by atoms with Crippen molar-refractivity contribution < 1.29 is 14.0 Å². The minimum Gasteiger partial charge on any atom is -0.361 e. The van der Waals surface area contributed by atoms with E-state index in [0.717, 1.165) is 16.5 Å². The number of thioether (sulfide) groups is 1. The normalized spacial score (nSPS) is 11.9. The number of thiophene rings is 1. The van der Waals surface area contributed by atoms with Gasteiger partial charge in [0.05, 0.1) is 4.88 Å². The minimum atomic E-state index is -0.713. The number of hydrogen-bond acceptors (Lipinski definition) is 4. The predicted molar refractivity (Wildman–Crippen MR) is 133 cm³/mol. The van der Waals surface area contributed by atoms with E-state index in [1.54, 1.807) is 36.0 Å². The van der Waals surface area contributed by atoms with Gasteiger partial charge in [-0.25, -0.2) is 4.39 Å². The zero-order valence-corrected chi connectivity index (χ0v) is 19.5. The Morgan fingerprint density at radius 3 is 2.67 bits per heavy atom. The zero-order valence-electron chi connectivity index (χ0n) is 17.8. The molecule has 2 heterocycles. The number of amides is 2. The van der Waals surface area contributed by atoms with Gasteiger partial charge >= 0.3 is 0 Å². The van der Waals surface area contributed by atoms with Crippen molar-refractivity contribution in [2.45, 2.75) is 18.2 Å². The highest BCUT2D eigenvalue weighted by Crippen LogP contribution is 2.20. The van der Waals surface area contributed by atoms with E-state index in [2.05, 4.69) is 15.6 Å². The zero-order chi connectivity index (χ0) is 23.0. The van der Waals surface area contributed by atoms with Crippen LogP contribution in [0.25, 0.3) is 10.9 Å². The summed E-state index contributed by atoms with van der Waals surface area (Å²) in [7, 11) is 0. The molecule has 0 aliphatic heterocycles. The summed E-state index contributed by atoms with van der Waals surface area (Å²) in [5.74, 6) is 0.453. The van der Waals surface area contributed by atoms with Crippen molar-refractivity contribution in [1.29, 1.82) is 0 Å². The Bertz CT molecular complexity index is 1220. The highest BCUT2D eigenvalue weighted by Gasteiger charge is 2.23. The number of nitrogens with one attached hydrogen (secondary N) is 3. The quantitative estimate of drug-likeness (QED) is 0.286. The summed E-state index contributed by atoms with van der Waals surface area (Å²) in [5, 5.41) is 8.66. The topological polar surface area (TPSA) is 74.0 Å². The second-order valence-corrected chi connectivity index (χ2v) is 9.55. The highest BCUT2D eigenvalue weighted by atomic mass is 32.2. The van der Waals surface area contributed by atoms with Crippen molar-refractivity contribution in [3.05, 3.63) is 94.1 Å². The molecule has 3 N–H and O–H groups in total. The third kappa shape index (κ3) is 6.03. The first-order chi connectivity index (χ1) is 16.1. The van der Waals surface area contributed by atoms with Crippen molar-refractivity contribution in [2.75, 3.05) is 12.3 Å². The number of carbonyl (C=O) groups is 2. The van der Waals surface area contributed by atoms with E-state index in [9.17, 15) is 14.0 Å². The molecule has 5 nitrogen and oxygen atoms in total. The molecule has 0 aliphatic carbocycles. The molecular formula is C25H24FN3O2S2. The molecule has 8 heteroatoms. The van der Waals surface area contributed by atoms with Crippen LogP contribution < -0.4 is 10.6 Å². The molecule has 2 aromatic heterocycles. The van der Waals surface area contributed by atoms with Crippen LogP contribution in [0.5, 0.6) is 0 Å². The van der Waals surface area contributed by atoms with Gasteiger partial charge < -0.3 is 15.6 Å². The number of fused-ring (bicyclic) bond motifs is 1. The Hall–Kier alpha value is -3.10. The fourth-order valence-electron chi connectivity index (χ4n) is 3.53.